The van der Waals surface area contributed by atoms with Gasteiger partial charge in [-0.2, -0.15) is 0 Å². The molecule has 0 aliphatic carbocycles. The Labute approximate surface area is 142 Å². The van der Waals surface area contributed by atoms with Gasteiger partial charge in [0, 0.05) is 7.05 Å². The summed E-state index contributed by atoms with van der Waals surface area (Å²) in [5.41, 5.74) is 1.55. The Morgan fingerprint density at radius 1 is 1.16 bits per heavy atom. The number of fused-ring (bicyclic) bond motifs is 1. The van der Waals surface area contributed by atoms with Crippen molar-refractivity contribution in [1.82, 2.24) is 9.88 Å². The summed E-state index contributed by atoms with van der Waals surface area (Å²) in [7, 11) is 1.58. The fourth-order valence-electron chi connectivity index (χ4n) is 2.81. The molecule has 2 heterocycles. The Hall–Kier alpha value is -3.22. The van der Waals surface area contributed by atoms with Gasteiger partial charge in [-0.3, -0.25) is 4.79 Å². The summed E-state index contributed by atoms with van der Waals surface area (Å²) in [6.45, 7) is 1.67. The van der Waals surface area contributed by atoms with Crippen molar-refractivity contribution in [3.8, 4) is 11.5 Å². The average molecular weight is 339 g/mol. The first kappa shape index (κ1) is 15.3. The molecule has 7 heteroatoms. The van der Waals surface area contributed by atoms with Crippen LogP contribution in [0.1, 0.15) is 6.92 Å². The summed E-state index contributed by atoms with van der Waals surface area (Å²) in [6, 6.07) is 10.1. The van der Waals surface area contributed by atoms with E-state index in [9.17, 15) is 14.0 Å². The highest BCUT2D eigenvalue weighted by atomic mass is 19.1. The summed E-state index contributed by atoms with van der Waals surface area (Å²) in [5.74, 6) is -0.589. The van der Waals surface area contributed by atoms with Crippen molar-refractivity contribution in [2.24, 2.45) is 0 Å². The van der Waals surface area contributed by atoms with Gasteiger partial charge >= 0.3 is 6.03 Å². The second kappa shape index (κ2) is 5.41. The normalized spacial score (nSPS) is 17.8. The molecule has 0 spiro atoms. The molecule has 1 saturated heterocycles. The Kier molecular flexibility index (Phi) is 3.31. The highest BCUT2D eigenvalue weighted by Crippen LogP contribution is 2.30. The molecule has 0 radical (unpaired) electrons. The SMILES string of the molecule is CC1C(=O)N(c2ccc3oc(-c4ccccc4F)nc3c2)C(=O)N1C. The number of rotatable bonds is 2. The minimum absolute atomic E-state index is 0.148. The number of nitrogens with zero attached hydrogens (tertiary/aromatic N) is 3. The van der Waals surface area contributed by atoms with E-state index in [1.165, 1.54) is 11.0 Å². The maximum Gasteiger partial charge on any atom is 0.331 e. The molecule has 126 valence electrons. The van der Waals surface area contributed by atoms with Crippen LogP contribution in [0.25, 0.3) is 22.6 Å². The largest absolute Gasteiger partial charge is 0.436 e. The molecule has 1 aromatic heterocycles. The number of carbonyl (C=O) groups is 2. The first-order valence-electron chi connectivity index (χ1n) is 7.73. The number of oxazole rings is 1. The standard InChI is InChI=1S/C18H14FN3O3/c1-10-17(23)22(18(24)21(10)2)11-7-8-15-14(9-11)20-16(25-15)12-5-3-4-6-13(12)19/h3-10H,1-2H3. The van der Waals surface area contributed by atoms with E-state index in [1.807, 2.05) is 0 Å². The minimum Gasteiger partial charge on any atom is -0.436 e. The molecule has 1 aliphatic heterocycles. The van der Waals surface area contributed by atoms with Crippen molar-refractivity contribution in [2.45, 2.75) is 13.0 Å². The van der Waals surface area contributed by atoms with Gasteiger partial charge in [0.05, 0.1) is 11.3 Å². The summed E-state index contributed by atoms with van der Waals surface area (Å²) >= 11 is 0. The Balaban J connectivity index is 1.78. The number of likely N-dealkylation sites (N-methyl/N-ethyl adjacent to an activating group) is 1. The Bertz CT molecular complexity index is 994. The quantitative estimate of drug-likeness (QED) is 0.671. The van der Waals surface area contributed by atoms with E-state index >= 15 is 0 Å². The Morgan fingerprint density at radius 2 is 1.92 bits per heavy atom. The zero-order valence-electron chi connectivity index (χ0n) is 13.6. The molecular formula is C18H14FN3O3. The fraction of sp³-hybridized carbons (Fsp3) is 0.167. The molecule has 0 saturated carbocycles. The summed E-state index contributed by atoms with van der Waals surface area (Å²) in [5, 5.41) is 0. The molecule has 1 aliphatic rings. The molecule has 2 aromatic carbocycles. The zero-order valence-corrected chi connectivity index (χ0v) is 13.6. The van der Waals surface area contributed by atoms with E-state index in [0.717, 1.165) is 4.90 Å². The number of benzene rings is 2. The number of hydrogen-bond donors (Lipinski definition) is 0. The van der Waals surface area contributed by atoms with Crippen molar-refractivity contribution in [2.75, 3.05) is 11.9 Å². The van der Waals surface area contributed by atoms with Crippen LogP contribution >= 0.6 is 0 Å². The van der Waals surface area contributed by atoms with Crippen LogP contribution in [0.15, 0.2) is 46.9 Å². The molecule has 0 bridgehead atoms. The van der Waals surface area contributed by atoms with Crippen molar-refractivity contribution < 1.29 is 18.4 Å². The van der Waals surface area contributed by atoms with Crippen molar-refractivity contribution in [3.05, 3.63) is 48.3 Å². The molecular weight excluding hydrogens is 325 g/mol. The molecule has 3 amide bonds. The minimum atomic E-state index is -0.519. The van der Waals surface area contributed by atoms with E-state index in [2.05, 4.69) is 4.98 Å². The number of hydrogen-bond acceptors (Lipinski definition) is 4. The van der Waals surface area contributed by atoms with Crippen LogP contribution in [0.2, 0.25) is 0 Å². The van der Waals surface area contributed by atoms with Crippen LogP contribution < -0.4 is 4.90 Å². The second-order valence-corrected chi connectivity index (χ2v) is 5.89. The number of aromatic nitrogens is 1. The van der Waals surface area contributed by atoms with E-state index in [1.54, 1.807) is 50.4 Å². The van der Waals surface area contributed by atoms with Crippen molar-refractivity contribution in [1.29, 1.82) is 0 Å². The molecule has 3 aromatic rings. The second-order valence-electron chi connectivity index (χ2n) is 5.89. The van der Waals surface area contributed by atoms with Gasteiger partial charge in [0.15, 0.2) is 5.58 Å². The maximum absolute atomic E-state index is 13.9. The van der Waals surface area contributed by atoms with Gasteiger partial charge in [-0.25, -0.2) is 19.1 Å². The average Bonchev–Trinajstić information content (AvgIpc) is 3.10. The monoisotopic (exact) mass is 339 g/mol. The lowest BCUT2D eigenvalue weighted by atomic mass is 10.2. The molecule has 25 heavy (non-hydrogen) atoms. The predicted molar refractivity (Wildman–Crippen MR) is 89.5 cm³/mol. The van der Waals surface area contributed by atoms with Gasteiger partial charge in [0.25, 0.3) is 5.91 Å². The molecule has 1 unspecified atom stereocenters. The third-order valence-electron chi connectivity index (χ3n) is 4.39. The van der Waals surface area contributed by atoms with Crippen LogP contribution in [-0.4, -0.2) is 34.9 Å². The molecule has 1 fully saturated rings. The lowest BCUT2D eigenvalue weighted by Crippen LogP contribution is -2.31. The lowest BCUT2D eigenvalue weighted by molar-refractivity contribution is -0.119. The first-order chi connectivity index (χ1) is 12.0. The van der Waals surface area contributed by atoms with Gasteiger partial charge in [-0.1, -0.05) is 12.1 Å². The van der Waals surface area contributed by atoms with Crippen LogP contribution in [-0.2, 0) is 4.79 Å². The van der Waals surface area contributed by atoms with Gasteiger partial charge < -0.3 is 9.32 Å². The molecule has 0 N–H and O–H groups in total. The van der Waals surface area contributed by atoms with Crippen molar-refractivity contribution >= 4 is 28.7 Å². The predicted octanol–water partition coefficient (Wildman–Crippen LogP) is 3.42. The third-order valence-corrected chi connectivity index (χ3v) is 4.39. The van der Waals surface area contributed by atoms with Crippen LogP contribution in [0, 0.1) is 5.82 Å². The van der Waals surface area contributed by atoms with E-state index < -0.39 is 17.9 Å². The van der Waals surface area contributed by atoms with Gasteiger partial charge in [0.1, 0.15) is 17.4 Å². The number of amides is 3. The van der Waals surface area contributed by atoms with E-state index in [0.29, 0.717) is 16.8 Å². The summed E-state index contributed by atoms with van der Waals surface area (Å²) < 4.78 is 19.5. The molecule has 6 nitrogen and oxygen atoms in total. The fourth-order valence-corrected chi connectivity index (χ4v) is 2.81. The highest BCUT2D eigenvalue weighted by molar-refractivity contribution is 6.21. The molecule has 4 rings (SSSR count). The zero-order chi connectivity index (χ0) is 17.7. The van der Waals surface area contributed by atoms with E-state index in [-0.39, 0.29) is 17.4 Å². The van der Waals surface area contributed by atoms with Gasteiger partial charge in [-0.15, -0.1) is 0 Å². The van der Waals surface area contributed by atoms with Crippen LogP contribution in [0.3, 0.4) is 0 Å². The summed E-state index contributed by atoms with van der Waals surface area (Å²) in [6.07, 6.45) is 0. The smallest absolute Gasteiger partial charge is 0.331 e. The number of halogens is 1. The topological polar surface area (TPSA) is 66.7 Å². The van der Waals surface area contributed by atoms with Crippen LogP contribution in [0.5, 0.6) is 0 Å². The first-order valence-corrected chi connectivity index (χ1v) is 7.73. The van der Waals surface area contributed by atoms with E-state index in [4.69, 9.17) is 4.42 Å². The third kappa shape index (κ3) is 2.27. The van der Waals surface area contributed by atoms with Gasteiger partial charge in [-0.05, 0) is 37.3 Å². The van der Waals surface area contributed by atoms with Gasteiger partial charge in [0.2, 0.25) is 5.89 Å². The number of imide groups is 1. The summed E-state index contributed by atoms with van der Waals surface area (Å²) in [4.78, 5) is 31.4. The van der Waals surface area contributed by atoms with Crippen LogP contribution in [0.4, 0.5) is 14.9 Å². The van der Waals surface area contributed by atoms with Crippen molar-refractivity contribution in [3.63, 3.8) is 0 Å². The highest BCUT2D eigenvalue weighted by Gasteiger charge is 2.41. The lowest BCUT2D eigenvalue weighted by Gasteiger charge is -2.13. The number of carbonyl (C=O) groups excluding carboxylic acids is 2. The number of anilines is 1. The Morgan fingerprint density at radius 3 is 2.60 bits per heavy atom. The molecule has 1 atom stereocenters. The number of urea groups is 1. The maximum atomic E-state index is 13.9.